The standard InChI is InChI=1S/C14H25N3O4/c1-14(2,12(20)15-3)9-16-13(21)17(8-11(18)19)10-6-4-5-7-10/h10H,4-9H2,1-3H3,(H,15,20)(H,16,21)(H,18,19). The maximum absolute atomic E-state index is 12.2. The van der Waals surface area contributed by atoms with Crippen molar-refractivity contribution < 1.29 is 19.5 Å². The van der Waals surface area contributed by atoms with Crippen LogP contribution in [0, 0.1) is 5.41 Å². The van der Waals surface area contributed by atoms with Gasteiger partial charge in [0.2, 0.25) is 5.91 Å². The van der Waals surface area contributed by atoms with E-state index in [2.05, 4.69) is 10.6 Å². The highest BCUT2D eigenvalue weighted by Crippen LogP contribution is 2.23. The molecule has 1 saturated carbocycles. The third-order valence-electron chi connectivity index (χ3n) is 3.86. The number of rotatable bonds is 6. The van der Waals surface area contributed by atoms with Gasteiger partial charge >= 0.3 is 12.0 Å². The first-order chi connectivity index (χ1) is 9.77. The molecule has 3 N–H and O–H groups in total. The van der Waals surface area contributed by atoms with E-state index >= 15 is 0 Å². The van der Waals surface area contributed by atoms with Gasteiger partial charge in [-0.25, -0.2) is 4.79 Å². The van der Waals surface area contributed by atoms with Gasteiger partial charge in [0.15, 0.2) is 0 Å². The van der Waals surface area contributed by atoms with Crippen LogP contribution in [0.15, 0.2) is 0 Å². The van der Waals surface area contributed by atoms with Gasteiger partial charge in [0, 0.05) is 19.6 Å². The zero-order valence-electron chi connectivity index (χ0n) is 12.9. The minimum absolute atomic E-state index is 0.0239. The number of hydrogen-bond donors (Lipinski definition) is 3. The molecule has 7 heteroatoms. The normalized spacial score (nSPS) is 15.6. The van der Waals surface area contributed by atoms with E-state index in [0.29, 0.717) is 0 Å². The number of nitrogens with one attached hydrogen (secondary N) is 2. The van der Waals surface area contributed by atoms with Gasteiger partial charge in [-0.3, -0.25) is 9.59 Å². The average Bonchev–Trinajstić information content (AvgIpc) is 2.94. The Balaban J connectivity index is 2.64. The molecule has 0 spiro atoms. The lowest BCUT2D eigenvalue weighted by Gasteiger charge is -2.30. The zero-order chi connectivity index (χ0) is 16.0. The molecule has 21 heavy (non-hydrogen) atoms. The Morgan fingerprint density at radius 1 is 1.24 bits per heavy atom. The quantitative estimate of drug-likeness (QED) is 0.675. The van der Waals surface area contributed by atoms with Gasteiger partial charge in [0.1, 0.15) is 6.54 Å². The van der Waals surface area contributed by atoms with E-state index in [0.717, 1.165) is 25.7 Å². The maximum atomic E-state index is 12.2. The molecule has 0 atom stereocenters. The Bertz CT molecular complexity index is 403. The van der Waals surface area contributed by atoms with Crippen LogP contribution >= 0.6 is 0 Å². The lowest BCUT2D eigenvalue weighted by molar-refractivity contribution is -0.138. The summed E-state index contributed by atoms with van der Waals surface area (Å²) in [4.78, 5) is 36.2. The first-order valence-corrected chi connectivity index (χ1v) is 7.26. The summed E-state index contributed by atoms with van der Waals surface area (Å²) in [5.74, 6) is -1.20. The summed E-state index contributed by atoms with van der Waals surface area (Å²) in [6, 6.07) is -0.439. The van der Waals surface area contributed by atoms with E-state index in [9.17, 15) is 14.4 Å². The monoisotopic (exact) mass is 299 g/mol. The van der Waals surface area contributed by atoms with Crippen molar-refractivity contribution in [2.45, 2.75) is 45.6 Å². The summed E-state index contributed by atoms with van der Waals surface area (Å²) in [6.07, 6.45) is 3.69. The van der Waals surface area contributed by atoms with Gasteiger partial charge in [-0.15, -0.1) is 0 Å². The Morgan fingerprint density at radius 2 is 1.81 bits per heavy atom. The number of carboxylic acid groups (broad SMARTS) is 1. The number of aliphatic carboxylic acids is 1. The van der Waals surface area contributed by atoms with Crippen molar-refractivity contribution in [2.75, 3.05) is 20.1 Å². The number of amides is 3. The molecule has 1 aliphatic carbocycles. The third kappa shape index (κ3) is 4.91. The molecule has 1 fully saturated rings. The summed E-state index contributed by atoms with van der Waals surface area (Å²) < 4.78 is 0. The Morgan fingerprint density at radius 3 is 2.29 bits per heavy atom. The van der Waals surface area contributed by atoms with Crippen LogP contribution in [0.4, 0.5) is 4.79 Å². The van der Waals surface area contributed by atoms with Gasteiger partial charge in [0.05, 0.1) is 5.41 Å². The topological polar surface area (TPSA) is 98.7 Å². The molecule has 0 unspecified atom stereocenters. The smallest absolute Gasteiger partial charge is 0.323 e. The van der Waals surface area contributed by atoms with Crippen LogP contribution in [-0.4, -0.2) is 54.1 Å². The lowest BCUT2D eigenvalue weighted by atomic mass is 9.92. The largest absolute Gasteiger partial charge is 0.480 e. The molecule has 7 nitrogen and oxygen atoms in total. The fourth-order valence-corrected chi connectivity index (χ4v) is 2.55. The summed E-state index contributed by atoms with van der Waals surface area (Å²) in [7, 11) is 1.54. The number of hydrogen-bond acceptors (Lipinski definition) is 3. The number of urea groups is 1. The molecule has 1 rings (SSSR count). The fourth-order valence-electron chi connectivity index (χ4n) is 2.55. The molecule has 0 aromatic carbocycles. The van der Waals surface area contributed by atoms with E-state index in [1.54, 1.807) is 20.9 Å². The van der Waals surface area contributed by atoms with E-state index < -0.39 is 17.4 Å². The predicted octanol–water partition coefficient (Wildman–Crippen LogP) is 0.797. The fraction of sp³-hybridized carbons (Fsp3) is 0.786. The average molecular weight is 299 g/mol. The van der Waals surface area contributed by atoms with Gasteiger partial charge in [-0.05, 0) is 26.7 Å². The van der Waals surface area contributed by atoms with Crippen molar-refractivity contribution in [3.05, 3.63) is 0 Å². The molecular formula is C14H25N3O4. The zero-order valence-corrected chi connectivity index (χ0v) is 12.9. The van der Waals surface area contributed by atoms with E-state index in [1.807, 2.05) is 0 Å². The molecule has 3 amide bonds. The molecule has 1 aliphatic rings. The van der Waals surface area contributed by atoms with Crippen LogP contribution in [0.25, 0.3) is 0 Å². The van der Waals surface area contributed by atoms with Crippen molar-refractivity contribution in [2.24, 2.45) is 5.41 Å². The van der Waals surface area contributed by atoms with Crippen LogP contribution in [0.3, 0.4) is 0 Å². The maximum Gasteiger partial charge on any atom is 0.323 e. The minimum atomic E-state index is -1.03. The Hall–Kier alpha value is -1.79. The van der Waals surface area contributed by atoms with Crippen molar-refractivity contribution in [1.29, 1.82) is 0 Å². The number of nitrogens with zero attached hydrogens (tertiary/aromatic N) is 1. The number of carboxylic acids is 1. The van der Waals surface area contributed by atoms with Crippen molar-refractivity contribution in [1.82, 2.24) is 15.5 Å². The van der Waals surface area contributed by atoms with Crippen LogP contribution in [-0.2, 0) is 9.59 Å². The van der Waals surface area contributed by atoms with Gasteiger partial charge < -0.3 is 20.6 Å². The van der Waals surface area contributed by atoms with E-state index in [4.69, 9.17) is 5.11 Å². The Kier molecular flexibility index (Phi) is 5.99. The molecule has 0 bridgehead atoms. The third-order valence-corrected chi connectivity index (χ3v) is 3.86. The van der Waals surface area contributed by atoms with Crippen LogP contribution in [0.1, 0.15) is 39.5 Å². The summed E-state index contributed by atoms with van der Waals surface area (Å²) in [5.41, 5.74) is -0.741. The molecule has 0 heterocycles. The first-order valence-electron chi connectivity index (χ1n) is 7.26. The second-order valence-electron chi connectivity index (χ2n) is 6.08. The van der Waals surface area contributed by atoms with Crippen LogP contribution in [0.2, 0.25) is 0 Å². The highest BCUT2D eigenvalue weighted by Gasteiger charge is 2.31. The SMILES string of the molecule is CNC(=O)C(C)(C)CNC(=O)N(CC(=O)O)C1CCCC1. The predicted molar refractivity (Wildman–Crippen MR) is 77.8 cm³/mol. The molecule has 0 saturated heterocycles. The van der Waals surface area contributed by atoms with Crippen molar-refractivity contribution >= 4 is 17.9 Å². The first kappa shape index (κ1) is 17.3. The molecule has 0 aromatic heterocycles. The second kappa shape index (κ2) is 7.28. The van der Waals surface area contributed by atoms with E-state index in [1.165, 1.54) is 4.90 Å². The highest BCUT2D eigenvalue weighted by atomic mass is 16.4. The minimum Gasteiger partial charge on any atom is -0.480 e. The molecule has 120 valence electrons. The molecule has 0 aromatic rings. The van der Waals surface area contributed by atoms with Crippen molar-refractivity contribution in [3.63, 3.8) is 0 Å². The van der Waals surface area contributed by atoms with Gasteiger partial charge in [0.25, 0.3) is 0 Å². The van der Waals surface area contributed by atoms with E-state index in [-0.39, 0.29) is 25.0 Å². The number of carbonyl (C=O) groups is 3. The molecule has 0 aliphatic heterocycles. The lowest BCUT2D eigenvalue weighted by Crippen LogP contribution is -2.51. The van der Waals surface area contributed by atoms with Gasteiger partial charge in [-0.1, -0.05) is 12.8 Å². The molecule has 0 radical (unpaired) electrons. The van der Waals surface area contributed by atoms with Crippen LogP contribution in [0.5, 0.6) is 0 Å². The van der Waals surface area contributed by atoms with Crippen LogP contribution < -0.4 is 10.6 Å². The Labute approximate surface area is 125 Å². The van der Waals surface area contributed by atoms with Crippen molar-refractivity contribution in [3.8, 4) is 0 Å². The van der Waals surface area contributed by atoms with Gasteiger partial charge in [-0.2, -0.15) is 0 Å². The highest BCUT2D eigenvalue weighted by molar-refractivity contribution is 5.84. The second-order valence-corrected chi connectivity index (χ2v) is 6.08. The molecular weight excluding hydrogens is 274 g/mol. The summed E-state index contributed by atoms with van der Waals surface area (Å²) in [5, 5.41) is 14.2. The summed E-state index contributed by atoms with van der Waals surface area (Å²) in [6.45, 7) is 3.30. The number of carbonyl (C=O) groups excluding carboxylic acids is 2. The summed E-state index contributed by atoms with van der Waals surface area (Å²) >= 11 is 0.